The van der Waals surface area contributed by atoms with Crippen LogP contribution >= 0.6 is 11.3 Å². The van der Waals surface area contributed by atoms with Gasteiger partial charge in [-0.15, -0.1) is 11.3 Å². The average molecular weight is 312 g/mol. The molecule has 1 heterocycles. The summed E-state index contributed by atoms with van der Waals surface area (Å²) in [4.78, 5) is 17.2. The third kappa shape index (κ3) is 3.06. The van der Waals surface area contributed by atoms with E-state index in [1.807, 2.05) is 27.7 Å². The predicted molar refractivity (Wildman–Crippen MR) is 83.9 cm³/mol. The van der Waals surface area contributed by atoms with Crippen molar-refractivity contribution in [3.05, 3.63) is 10.6 Å². The van der Waals surface area contributed by atoms with E-state index in [0.717, 1.165) is 17.0 Å². The number of hydrogen-bond acceptors (Lipinski definition) is 5. The molecule has 1 aliphatic carbocycles. The highest BCUT2D eigenvalue weighted by Crippen LogP contribution is 2.65. The first-order chi connectivity index (χ1) is 9.51. The highest BCUT2D eigenvalue weighted by atomic mass is 32.1. The maximum Gasteiger partial charge on any atom is 0.413 e. The Morgan fingerprint density at radius 3 is 2.48 bits per heavy atom. The lowest BCUT2D eigenvalue weighted by molar-refractivity contribution is 0.0636. The summed E-state index contributed by atoms with van der Waals surface area (Å²) >= 11 is 1.43. The molecular formula is C15H24N2O3S. The van der Waals surface area contributed by atoms with Gasteiger partial charge in [0.1, 0.15) is 5.60 Å². The predicted octanol–water partition coefficient (Wildman–Crippen LogP) is 3.46. The number of carbonyl (C=O) groups excluding carboxylic acids is 1. The number of nitrogens with zero attached hydrogens (tertiary/aromatic N) is 1. The van der Waals surface area contributed by atoms with Crippen molar-refractivity contribution in [2.45, 2.75) is 59.0 Å². The van der Waals surface area contributed by atoms with E-state index in [1.54, 1.807) is 0 Å². The number of anilines is 1. The smallest absolute Gasteiger partial charge is 0.413 e. The summed E-state index contributed by atoms with van der Waals surface area (Å²) in [6.45, 7) is 11.8. The quantitative estimate of drug-likeness (QED) is 0.896. The van der Waals surface area contributed by atoms with Gasteiger partial charge in [-0.3, -0.25) is 5.32 Å². The van der Waals surface area contributed by atoms with Crippen molar-refractivity contribution in [3.8, 4) is 0 Å². The van der Waals surface area contributed by atoms with Gasteiger partial charge in [0.2, 0.25) is 0 Å². The number of aromatic nitrogens is 1. The van der Waals surface area contributed by atoms with Crippen LogP contribution in [0.2, 0.25) is 0 Å². The summed E-state index contributed by atoms with van der Waals surface area (Å²) in [6.07, 6.45) is 0.432. The summed E-state index contributed by atoms with van der Waals surface area (Å²) in [6, 6.07) is 0. The fourth-order valence-corrected chi connectivity index (χ4v) is 4.04. The second-order valence-corrected chi connectivity index (χ2v) is 8.36. The van der Waals surface area contributed by atoms with Crippen LogP contribution in [0.3, 0.4) is 0 Å². The molecular weight excluding hydrogens is 288 g/mol. The van der Waals surface area contributed by atoms with Crippen LogP contribution in [0.1, 0.15) is 51.6 Å². The molecule has 1 unspecified atom stereocenters. The van der Waals surface area contributed by atoms with Gasteiger partial charge in [-0.05, 0) is 39.5 Å². The first-order valence-electron chi connectivity index (χ1n) is 7.09. The molecule has 6 heteroatoms. The Bertz CT molecular complexity index is 560. The molecule has 5 nitrogen and oxygen atoms in total. The van der Waals surface area contributed by atoms with E-state index < -0.39 is 11.7 Å². The van der Waals surface area contributed by atoms with Gasteiger partial charge < -0.3 is 9.84 Å². The maximum absolute atomic E-state index is 11.8. The Hall–Kier alpha value is -1.14. The summed E-state index contributed by atoms with van der Waals surface area (Å²) in [5, 5.41) is 13.0. The molecule has 0 bridgehead atoms. The number of amides is 1. The highest BCUT2D eigenvalue weighted by Gasteiger charge is 2.63. The molecule has 0 aliphatic heterocycles. The minimum atomic E-state index is -0.538. The highest BCUT2D eigenvalue weighted by molar-refractivity contribution is 7.16. The third-order valence-corrected chi connectivity index (χ3v) is 5.30. The molecule has 2 rings (SSSR count). The van der Waals surface area contributed by atoms with Crippen LogP contribution in [-0.4, -0.2) is 28.4 Å². The number of hydrogen-bond donors (Lipinski definition) is 2. The molecule has 0 spiro atoms. The molecule has 1 atom stereocenters. The van der Waals surface area contributed by atoms with Gasteiger partial charge in [0.25, 0.3) is 0 Å². The van der Waals surface area contributed by atoms with Crippen molar-refractivity contribution in [2.75, 3.05) is 11.9 Å². The maximum atomic E-state index is 11.8. The van der Waals surface area contributed by atoms with Crippen LogP contribution in [0.15, 0.2) is 0 Å². The Balaban J connectivity index is 2.16. The van der Waals surface area contributed by atoms with E-state index in [9.17, 15) is 9.90 Å². The number of aliphatic hydroxyl groups is 1. The number of carbonyl (C=O) groups is 1. The molecule has 0 aromatic carbocycles. The molecule has 0 saturated heterocycles. The van der Waals surface area contributed by atoms with Crippen molar-refractivity contribution in [1.82, 2.24) is 4.98 Å². The molecule has 0 radical (unpaired) electrons. The lowest BCUT2D eigenvalue weighted by Gasteiger charge is -2.19. The van der Waals surface area contributed by atoms with Gasteiger partial charge in [-0.1, -0.05) is 13.8 Å². The standard InChI is InChI=1S/C15H24N2O3S/c1-9-10(15(8-18)7-14(15,5)6)21-11(16-9)17-12(19)20-13(2,3)4/h18H,7-8H2,1-6H3,(H,16,17,19). The number of thiazole rings is 1. The first-order valence-corrected chi connectivity index (χ1v) is 7.91. The zero-order valence-corrected chi connectivity index (χ0v) is 14.3. The fraction of sp³-hybridized carbons (Fsp3) is 0.733. The SMILES string of the molecule is Cc1nc(NC(=O)OC(C)(C)C)sc1C1(CO)CC1(C)C. The van der Waals surface area contributed by atoms with Gasteiger partial charge in [0, 0.05) is 10.3 Å². The first kappa shape index (κ1) is 16.2. The lowest BCUT2D eigenvalue weighted by Crippen LogP contribution is -2.27. The molecule has 1 aromatic rings. The van der Waals surface area contributed by atoms with Crippen molar-refractivity contribution in [1.29, 1.82) is 0 Å². The summed E-state index contributed by atoms with van der Waals surface area (Å²) < 4.78 is 5.23. The number of ether oxygens (including phenoxy) is 1. The summed E-state index contributed by atoms with van der Waals surface area (Å²) in [5.41, 5.74) is 0.181. The van der Waals surface area contributed by atoms with Crippen LogP contribution < -0.4 is 5.32 Å². The minimum absolute atomic E-state index is 0.0717. The zero-order chi connectivity index (χ0) is 16.1. The Labute approximate surface area is 129 Å². The van der Waals surface area contributed by atoms with Gasteiger partial charge in [-0.2, -0.15) is 0 Å². The van der Waals surface area contributed by atoms with Crippen molar-refractivity contribution < 1.29 is 14.6 Å². The van der Waals surface area contributed by atoms with Crippen LogP contribution in [0, 0.1) is 12.3 Å². The Morgan fingerprint density at radius 2 is 2.05 bits per heavy atom. The Kier molecular flexibility index (Phi) is 3.83. The molecule has 1 amide bonds. The van der Waals surface area contributed by atoms with Crippen molar-refractivity contribution >= 4 is 22.6 Å². The van der Waals surface area contributed by atoms with Gasteiger partial charge >= 0.3 is 6.09 Å². The monoisotopic (exact) mass is 312 g/mol. The van der Waals surface area contributed by atoms with Crippen LogP contribution in [0.25, 0.3) is 0 Å². The molecule has 118 valence electrons. The largest absolute Gasteiger partial charge is 0.444 e. The lowest BCUT2D eigenvalue weighted by atomic mass is 9.94. The van der Waals surface area contributed by atoms with Crippen LogP contribution in [0.5, 0.6) is 0 Å². The van der Waals surface area contributed by atoms with E-state index in [1.165, 1.54) is 11.3 Å². The number of nitrogens with one attached hydrogen (secondary N) is 1. The summed E-state index contributed by atoms with van der Waals surface area (Å²) in [5.74, 6) is 0. The average Bonchev–Trinajstić information content (AvgIpc) is 2.66. The van der Waals surface area contributed by atoms with Gasteiger partial charge in [0.05, 0.1) is 12.3 Å². The second-order valence-electron chi connectivity index (χ2n) is 7.36. The van der Waals surface area contributed by atoms with E-state index in [-0.39, 0.29) is 17.4 Å². The van der Waals surface area contributed by atoms with Crippen molar-refractivity contribution in [2.24, 2.45) is 5.41 Å². The van der Waals surface area contributed by atoms with Crippen molar-refractivity contribution in [3.63, 3.8) is 0 Å². The Morgan fingerprint density at radius 1 is 1.48 bits per heavy atom. The molecule has 1 fully saturated rings. The molecule has 1 aromatic heterocycles. The minimum Gasteiger partial charge on any atom is -0.444 e. The number of aryl methyl sites for hydroxylation is 1. The zero-order valence-electron chi connectivity index (χ0n) is 13.5. The van der Waals surface area contributed by atoms with Crippen LogP contribution in [-0.2, 0) is 10.2 Å². The third-order valence-electron chi connectivity index (χ3n) is 4.02. The van der Waals surface area contributed by atoms with E-state index >= 15 is 0 Å². The number of aliphatic hydroxyl groups excluding tert-OH is 1. The molecule has 1 saturated carbocycles. The fourth-order valence-electron chi connectivity index (χ4n) is 2.72. The van der Waals surface area contributed by atoms with Gasteiger partial charge in [-0.25, -0.2) is 9.78 Å². The molecule has 2 N–H and O–H groups in total. The van der Waals surface area contributed by atoms with Gasteiger partial charge in [0.15, 0.2) is 5.13 Å². The normalized spacial score (nSPS) is 23.8. The van der Waals surface area contributed by atoms with Crippen LogP contribution in [0.4, 0.5) is 9.93 Å². The van der Waals surface area contributed by atoms with E-state index in [0.29, 0.717) is 5.13 Å². The molecule has 21 heavy (non-hydrogen) atoms. The number of rotatable bonds is 3. The molecule has 1 aliphatic rings. The second kappa shape index (κ2) is 4.95. The topological polar surface area (TPSA) is 71.5 Å². The van der Waals surface area contributed by atoms with E-state index in [4.69, 9.17) is 4.74 Å². The summed E-state index contributed by atoms with van der Waals surface area (Å²) in [7, 11) is 0. The van der Waals surface area contributed by atoms with E-state index in [2.05, 4.69) is 24.1 Å².